The molecule has 1 heterocycles. The maximum atomic E-state index is 13.5. The highest BCUT2D eigenvalue weighted by molar-refractivity contribution is 9.11. The number of nitrogens with one attached hydrogen (secondary N) is 1. The molecular formula is C11H14BrF4NS. The van der Waals surface area contributed by atoms with Crippen molar-refractivity contribution in [2.75, 3.05) is 6.54 Å². The fourth-order valence-electron chi connectivity index (χ4n) is 1.47. The summed E-state index contributed by atoms with van der Waals surface area (Å²) in [5, 5.41) is 2.51. The van der Waals surface area contributed by atoms with E-state index in [1.54, 1.807) is 13.8 Å². The number of hydrogen-bond donors (Lipinski definition) is 1. The second kappa shape index (κ2) is 6.34. The van der Waals surface area contributed by atoms with E-state index in [9.17, 15) is 17.6 Å². The molecule has 1 unspecified atom stereocenters. The lowest BCUT2D eigenvalue weighted by atomic mass is 10.1. The summed E-state index contributed by atoms with van der Waals surface area (Å²) in [4.78, 5) is 0.220. The van der Waals surface area contributed by atoms with Crippen LogP contribution in [0.15, 0.2) is 9.85 Å². The third kappa shape index (κ3) is 3.45. The zero-order chi connectivity index (χ0) is 13.9. The Kier molecular flexibility index (Phi) is 5.61. The van der Waals surface area contributed by atoms with Gasteiger partial charge < -0.3 is 5.32 Å². The van der Waals surface area contributed by atoms with Crippen LogP contribution in [0.1, 0.15) is 29.8 Å². The van der Waals surface area contributed by atoms with Gasteiger partial charge in [0.25, 0.3) is 0 Å². The summed E-state index contributed by atoms with van der Waals surface area (Å²) < 4.78 is 52.7. The van der Waals surface area contributed by atoms with E-state index >= 15 is 0 Å². The van der Waals surface area contributed by atoms with Crippen LogP contribution in [0.25, 0.3) is 0 Å². The number of rotatable bonds is 6. The molecule has 0 aromatic carbocycles. The van der Waals surface area contributed by atoms with Gasteiger partial charge in [-0.2, -0.15) is 8.78 Å². The van der Waals surface area contributed by atoms with E-state index in [2.05, 4.69) is 21.2 Å². The van der Waals surface area contributed by atoms with Crippen LogP contribution in [-0.4, -0.2) is 18.9 Å². The smallest absolute Gasteiger partial charge is 0.304 e. The number of thiophene rings is 1. The van der Waals surface area contributed by atoms with E-state index in [4.69, 9.17) is 0 Å². The maximum absolute atomic E-state index is 13.5. The van der Waals surface area contributed by atoms with Gasteiger partial charge in [0.05, 0.1) is 3.79 Å². The third-order valence-electron chi connectivity index (χ3n) is 2.44. The third-order valence-corrected chi connectivity index (χ3v) is 4.64. The van der Waals surface area contributed by atoms with Crippen molar-refractivity contribution < 1.29 is 17.6 Å². The molecule has 0 aliphatic carbocycles. The zero-order valence-corrected chi connectivity index (χ0v) is 12.3. The predicted octanol–water partition coefficient (Wildman–Crippen LogP) is 4.76. The predicted molar refractivity (Wildman–Crippen MR) is 68.7 cm³/mol. The van der Waals surface area contributed by atoms with E-state index < -0.39 is 18.4 Å². The largest absolute Gasteiger partial charge is 0.327 e. The van der Waals surface area contributed by atoms with Crippen LogP contribution in [0.3, 0.4) is 0 Å². The topological polar surface area (TPSA) is 12.0 Å². The zero-order valence-electron chi connectivity index (χ0n) is 9.94. The molecule has 1 nitrogen and oxygen atoms in total. The van der Waals surface area contributed by atoms with E-state index in [0.717, 1.165) is 16.9 Å². The second-order valence-electron chi connectivity index (χ2n) is 3.97. The molecule has 0 saturated heterocycles. The molecule has 1 rings (SSSR count). The van der Waals surface area contributed by atoms with Gasteiger partial charge in [-0.25, -0.2) is 8.78 Å². The summed E-state index contributed by atoms with van der Waals surface area (Å²) in [6, 6.07) is -0.134. The van der Waals surface area contributed by atoms with E-state index in [0.29, 0.717) is 10.2 Å². The Hall–Kier alpha value is -0.140. The quantitative estimate of drug-likeness (QED) is 0.731. The molecule has 0 bridgehead atoms. The molecule has 0 aliphatic heterocycles. The van der Waals surface area contributed by atoms with Gasteiger partial charge in [0.1, 0.15) is 6.04 Å². The van der Waals surface area contributed by atoms with Crippen molar-refractivity contribution in [1.29, 1.82) is 0 Å². The molecule has 1 atom stereocenters. The van der Waals surface area contributed by atoms with E-state index in [1.165, 1.54) is 6.07 Å². The lowest BCUT2D eigenvalue weighted by Crippen LogP contribution is -2.42. The first-order chi connectivity index (χ1) is 8.30. The van der Waals surface area contributed by atoms with Gasteiger partial charge in [0.2, 0.25) is 0 Å². The molecule has 104 valence electrons. The molecule has 1 N–H and O–H groups in total. The van der Waals surface area contributed by atoms with Gasteiger partial charge in [0, 0.05) is 4.88 Å². The first-order valence-electron chi connectivity index (χ1n) is 5.45. The van der Waals surface area contributed by atoms with Gasteiger partial charge in [-0.1, -0.05) is 6.92 Å². The van der Waals surface area contributed by atoms with Crippen molar-refractivity contribution in [3.8, 4) is 0 Å². The van der Waals surface area contributed by atoms with Crippen LogP contribution in [0.2, 0.25) is 0 Å². The summed E-state index contributed by atoms with van der Waals surface area (Å²) in [6.45, 7) is 3.79. The maximum Gasteiger partial charge on any atom is 0.327 e. The Morgan fingerprint density at radius 1 is 1.44 bits per heavy atom. The first kappa shape index (κ1) is 15.9. The minimum Gasteiger partial charge on any atom is -0.304 e. The van der Waals surface area contributed by atoms with Crippen molar-refractivity contribution in [2.45, 2.75) is 38.7 Å². The monoisotopic (exact) mass is 347 g/mol. The van der Waals surface area contributed by atoms with Gasteiger partial charge in [-0.3, -0.25) is 0 Å². The molecule has 0 radical (unpaired) electrons. The molecular weight excluding hydrogens is 334 g/mol. The van der Waals surface area contributed by atoms with Gasteiger partial charge in [-0.05, 0) is 47.4 Å². The average Bonchev–Trinajstić information content (AvgIpc) is 2.59. The Labute approximate surface area is 116 Å². The van der Waals surface area contributed by atoms with Crippen molar-refractivity contribution in [1.82, 2.24) is 5.32 Å². The number of hydrogen-bond acceptors (Lipinski definition) is 2. The average molecular weight is 348 g/mol. The van der Waals surface area contributed by atoms with Crippen LogP contribution in [0.5, 0.6) is 0 Å². The van der Waals surface area contributed by atoms with Crippen molar-refractivity contribution in [3.63, 3.8) is 0 Å². The summed E-state index contributed by atoms with van der Waals surface area (Å²) in [5.74, 6) is -4.08. The minimum atomic E-state index is -4.08. The molecule has 0 saturated carbocycles. The fourth-order valence-corrected chi connectivity index (χ4v) is 3.16. The molecule has 0 amide bonds. The SMILES string of the molecule is CCCNC(c1cc(C)c(Br)s1)C(F)(F)C(F)F. The van der Waals surface area contributed by atoms with Crippen molar-refractivity contribution >= 4 is 27.3 Å². The van der Waals surface area contributed by atoms with Crippen molar-refractivity contribution in [2.24, 2.45) is 0 Å². The van der Waals surface area contributed by atoms with Crippen LogP contribution in [-0.2, 0) is 0 Å². The molecule has 18 heavy (non-hydrogen) atoms. The molecule has 1 aromatic rings. The summed E-state index contributed by atoms with van der Waals surface area (Å²) in [5.41, 5.74) is 0.767. The van der Waals surface area contributed by atoms with Crippen LogP contribution in [0.4, 0.5) is 17.6 Å². The highest BCUT2D eigenvalue weighted by atomic mass is 79.9. The number of halogens is 5. The lowest BCUT2D eigenvalue weighted by molar-refractivity contribution is -0.150. The number of alkyl halides is 4. The summed E-state index contributed by atoms with van der Waals surface area (Å²) in [6.07, 6.45) is -3.09. The number of aryl methyl sites for hydroxylation is 1. The summed E-state index contributed by atoms with van der Waals surface area (Å²) in [7, 11) is 0. The fraction of sp³-hybridized carbons (Fsp3) is 0.636. The molecule has 1 aromatic heterocycles. The Bertz CT molecular complexity index is 375. The normalized spacial score (nSPS) is 14.2. The Morgan fingerprint density at radius 3 is 2.44 bits per heavy atom. The molecule has 0 fully saturated rings. The van der Waals surface area contributed by atoms with Gasteiger partial charge in [0.15, 0.2) is 0 Å². The van der Waals surface area contributed by atoms with E-state index in [1.807, 2.05) is 0 Å². The second-order valence-corrected chi connectivity index (χ2v) is 6.37. The highest BCUT2D eigenvalue weighted by Gasteiger charge is 2.49. The van der Waals surface area contributed by atoms with Crippen LogP contribution < -0.4 is 5.32 Å². The Balaban J connectivity index is 3.05. The standard InChI is InChI=1S/C11H14BrF4NS/c1-3-4-17-8(11(15,16)10(13)14)7-5-6(2)9(12)18-7/h5,8,10,17H,3-4H2,1-2H3. The van der Waals surface area contributed by atoms with Gasteiger partial charge in [-0.15, -0.1) is 11.3 Å². The first-order valence-corrected chi connectivity index (χ1v) is 7.06. The van der Waals surface area contributed by atoms with Gasteiger partial charge >= 0.3 is 12.3 Å². The summed E-state index contributed by atoms with van der Waals surface area (Å²) >= 11 is 4.27. The van der Waals surface area contributed by atoms with Crippen molar-refractivity contribution in [3.05, 3.63) is 20.3 Å². The van der Waals surface area contributed by atoms with Crippen LogP contribution in [0, 0.1) is 6.92 Å². The molecule has 0 aliphatic rings. The van der Waals surface area contributed by atoms with Crippen LogP contribution >= 0.6 is 27.3 Å². The Morgan fingerprint density at radius 2 is 2.06 bits per heavy atom. The molecule has 0 spiro atoms. The lowest BCUT2D eigenvalue weighted by Gasteiger charge is -2.26. The highest BCUT2D eigenvalue weighted by Crippen LogP contribution is 2.41. The minimum absolute atomic E-state index is 0.220. The molecule has 7 heteroatoms. The van der Waals surface area contributed by atoms with E-state index in [-0.39, 0.29) is 11.4 Å².